The Bertz CT molecular complexity index is 1120. The number of carbonyl (C=O) groups is 2. The predicted molar refractivity (Wildman–Crippen MR) is 128 cm³/mol. The van der Waals surface area contributed by atoms with Crippen molar-refractivity contribution in [2.75, 3.05) is 38.0 Å². The molecule has 164 valence electrons. The van der Waals surface area contributed by atoms with E-state index in [0.717, 1.165) is 11.4 Å². The van der Waals surface area contributed by atoms with Gasteiger partial charge in [-0.1, -0.05) is 36.0 Å². The van der Waals surface area contributed by atoms with Gasteiger partial charge in [-0.05, 0) is 42.5 Å². The highest BCUT2D eigenvalue weighted by atomic mass is 32.2. The third kappa shape index (κ3) is 4.43. The molecule has 32 heavy (non-hydrogen) atoms. The molecule has 0 unspecified atom stereocenters. The van der Waals surface area contributed by atoms with Crippen LogP contribution in [0.25, 0.3) is 0 Å². The Morgan fingerprint density at radius 3 is 2.19 bits per heavy atom. The highest BCUT2D eigenvalue weighted by molar-refractivity contribution is 7.99. The minimum atomic E-state index is -0.147. The number of hydrogen-bond donors (Lipinski definition) is 1. The maximum Gasteiger partial charge on any atom is 0.253 e. The van der Waals surface area contributed by atoms with E-state index in [4.69, 9.17) is 4.74 Å². The molecule has 0 bridgehead atoms. The number of para-hydroxylation sites is 2. The molecule has 1 heterocycles. The molecule has 0 aromatic heterocycles. The fourth-order valence-corrected chi connectivity index (χ4v) is 4.74. The van der Waals surface area contributed by atoms with E-state index >= 15 is 0 Å². The van der Waals surface area contributed by atoms with Gasteiger partial charge in [0, 0.05) is 42.4 Å². The van der Waals surface area contributed by atoms with Crippen LogP contribution in [-0.4, -0.2) is 44.5 Å². The van der Waals surface area contributed by atoms with Crippen LogP contribution in [0, 0.1) is 0 Å². The monoisotopic (exact) mass is 447 g/mol. The number of ether oxygens (including phenoxy) is 1. The number of carbonyl (C=O) groups excluding carboxylic acids is 2. The Hall–Kier alpha value is -3.45. The highest BCUT2D eigenvalue weighted by Crippen LogP contribution is 2.47. The molecular formula is C25H25N3O3S. The van der Waals surface area contributed by atoms with Crippen molar-refractivity contribution < 1.29 is 14.3 Å². The number of fused-ring (bicyclic) bond motifs is 2. The molecule has 0 aliphatic carbocycles. The molecule has 0 atom stereocenters. The van der Waals surface area contributed by atoms with Crippen molar-refractivity contribution in [2.45, 2.75) is 16.2 Å². The van der Waals surface area contributed by atoms with E-state index in [9.17, 15) is 9.59 Å². The number of nitrogens with zero attached hydrogens (tertiary/aromatic N) is 2. The zero-order valence-corrected chi connectivity index (χ0v) is 19.1. The Kier molecular flexibility index (Phi) is 6.37. The van der Waals surface area contributed by atoms with Crippen molar-refractivity contribution in [1.29, 1.82) is 0 Å². The molecule has 0 radical (unpaired) electrons. The van der Waals surface area contributed by atoms with Crippen LogP contribution >= 0.6 is 11.8 Å². The number of nitrogens with one attached hydrogen (secondary N) is 1. The van der Waals surface area contributed by atoms with Crippen molar-refractivity contribution in [3.63, 3.8) is 0 Å². The molecule has 1 aliphatic rings. The van der Waals surface area contributed by atoms with Gasteiger partial charge in [-0.15, -0.1) is 0 Å². The zero-order chi connectivity index (χ0) is 22.7. The quantitative estimate of drug-likeness (QED) is 0.574. The molecule has 0 saturated carbocycles. The molecular weight excluding hydrogens is 422 g/mol. The van der Waals surface area contributed by atoms with Crippen LogP contribution in [0.1, 0.15) is 16.8 Å². The first-order chi connectivity index (χ1) is 15.5. The van der Waals surface area contributed by atoms with Gasteiger partial charge in [0.25, 0.3) is 5.91 Å². The maximum atomic E-state index is 12.9. The van der Waals surface area contributed by atoms with Gasteiger partial charge in [-0.2, -0.15) is 0 Å². The lowest BCUT2D eigenvalue weighted by molar-refractivity contribution is -0.116. The van der Waals surface area contributed by atoms with Crippen molar-refractivity contribution in [3.8, 4) is 5.75 Å². The maximum absolute atomic E-state index is 12.9. The van der Waals surface area contributed by atoms with Gasteiger partial charge in [0.1, 0.15) is 5.75 Å². The standard InChI is InChI=1S/C25H25N3O3S/c1-27(2)25(30)17-12-13-21(31-3)18(16-17)26-24(29)14-15-28-19-8-4-6-10-22(19)32-23-11-7-5-9-20(23)28/h4-13,16H,14-15H2,1-3H3,(H,26,29). The largest absolute Gasteiger partial charge is 0.495 e. The average Bonchev–Trinajstić information content (AvgIpc) is 2.81. The lowest BCUT2D eigenvalue weighted by Gasteiger charge is -2.32. The van der Waals surface area contributed by atoms with Crippen molar-refractivity contribution in [2.24, 2.45) is 0 Å². The van der Waals surface area contributed by atoms with E-state index in [-0.39, 0.29) is 18.2 Å². The highest BCUT2D eigenvalue weighted by Gasteiger charge is 2.23. The second-order valence-electron chi connectivity index (χ2n) is 7.60. The average molecular weight is 448 g/mol. The van der Waals surface area contributed by atoms with Crippen LogP contribution in [-0.2, 0) is 4.79 Å². The summed E-state index contributed by atoms with van der Waals surface area (Å²) in [5.74, 6) is 0.229. The molecule has 4 rings (SSSR count). The van der Waals surface area contributed by atoms with E-state index in [0.29, 0.717) is 23.5 Å². The zero-order valence-electron chi connectivity index (χ0n) is 18.3. The third-order valence-electron chi connectivity index (χ3n) is 5.22. The van der Waals surface area contributed by atoms with E-state index in [2.05, 4.69) is 34.5 Å². The number of methoxy groups -OCH3 is 1. The summed E-state index contributed by atoms with van der Waals surface area (Å²) in [4.78, 5) is 31.2. The van der Waals surface area contributed by atoms with Gasteiger partial charge in [-0.25, -0.2) is 0 Å². The van der Waals surface area contributed by atoms with Crippen LogP contribution < -0.4 is 15.0 Å². The number of benzene rings is 3. The van der Waals surface area contributed by atoms with Gasteiger partial charge in [0.15, 0.2) is 0 Å². The minimum Gasteiger partial charge on any atom is -0.495 e. The first-order valence-electron chi connectivity index (χ1n) is 10.3. The third-order valence-corrected chi connectivity index (χ3v) is 6.35. The predicted octanol–water partition coefficient (Wildman–Crippen LogP) is 5.03. The Morgan fingerprint density at radius 1 is 0.969 bits per heavy atom. The van der Waals surface area contributed by atoms with Gasteiger partial charge in [0.05, 0.1) is 24.2 Å². The molecule has 0 saturated heterocycles. The van der Waals surface area contributed by atoms with E-state index in [1.807, 2.05) is 24.3 Å². The van der Waals surface area contributed by atoms with E-state index in [1.54, 1.807) is 44.1 Å². The van der Waals surface area contributed by atoms with Crippen LogP contribution in [0.15, 0.2) is 76.5 Å². The van der Waals surface area contributed by atoms with E-state index < -0.39 is 0 Å². The first kappa shape index (κ1) is 21.8. The SMILES string of the molecule is COc1ccc(C(=O)N(C)C)cc1NC(=O)CCN1c2ccccc2Sc2ccccc21. The molecule has 3 aromatic carbocycles. The summed E-state index contributed by atoms with van der Waals surface area (Å²) in [5, 5.41) is 2.92. The fraction of sp³-hybridized carbons (Fsp3) is 0.200. The second kappa shape index (κ2) is 9.36. The Morgan fingerprint density at radius 2 is 1.59 bits per heavy atom. The smallest absolute Gasteiger partial charge is 0.253 e. The molecule has 2 amide bonds. The van der Waals surface area contributed by atoms with Gasteiger partial charge >= 0.3 is 0 Å². The lowest BCUT2D eigenvalue weighted by atomic mass is 10.1. The summed E-state index contributed by atoms with van der Waals surface area (Å²) < 4.78 is 5.38. The number of anilines is 3. The Balaban J connectivity index is 1.52. The molecule has 0 spiro atoms. The van der Waals surface area contributed by atoms with E-state index in [1.165, 1.54) is 21.8 Å². The fourth-order valence-electron chi connectivity index (χ4n) is 3.65. The number of rotatable bonds is 6. The Labute approximate surface area is 192 Å². The summed E-state index contributed by atoms with van der Waals surface area (Å²) in [7, 11) is 4.92. The van der Waals surface area contributed by atoms with Crippen molar-refractivity contribution in [3.05, 3.63) is 72.3 Å². The molecule has 0 fully saturated rings. The molecule has 6 nitrogen and oxygen atoms in total. The minimum absolute atomic E-state index is 0.137. The summed E-state index contributed by atoms with van der Waals surface area (Å²) in [6.07, 6.45) is 0.280. The van der Waals surface area contributed by atoms with Gasteiger partial charge in [-0.3, -0.25) is 9.59 Å². The summed E-state index contributed by atoms with van der Waals surface area (Å²) in [5.41, 5.74) is 3.17. The van der Waals surface area contributed by atoms with Gasteiger partial charge < -0.3 is 19.9 Å². The number of amides is 2. The number of hydrogen-bond acceptors (Lipinski definition) is 5. The van der Waals surface area contributed by atoms with Crippen molar-refractivity contribution in [1.82, 2.24) is 4.90 Å². The van der Waals surface area contributed by atoms with Crippen molar-refractivity contribution >= 4 is 40.6 Å². The normalized spacial score (nSPS) is 11.9. The molecule has 1 N–H and O–H groups in total. The summed E-state index contributed by atoms with van der Waals surface area (Å²) in [6, 6.07) is 21.5. The summed E-state index contributed by atoms with van der Waals surface area (Å²) in [6.45, 7) is 0.527. The van der Waals surface area contributed by atoms with Crippen LogP contribution in [0.2, 0.25) is 0 Å². The van der Waals surface area contributed by atoms with Crippen LogP contribution in [0.5, 0.6) is 5.75 Å². The second-order valence-corrected chi connectivity index (χ2v) is 8.69. The van der Waals surface area contributed by atoms with Gasteiger partial charge in [0.2, 0.25) is 5.91 Å². The molecule has 1 aliphatic heterocycles. The molecule has 3 aromatic rings. The van der Waals surface area contributed by atoms with Crippen LogP contribution in [0.4, 0.5) is 17.1 Å². The first-order valence-corrected chi connectivity index (χ1v) is 11.1. The van der Waals surface area contributed by atoms with Crippen LogP contribution in [0.3, 0.4) is 0 Å². The lowest BCUT2D eigenvalue weighted by Crippen LogP contribution is -2.26. The topological polar surface area (TPSA) is 61.9 Å². The molecule has 7 heteroatoms. The summed E-state index contributed by atoms with van der Waals surface area (Å²) >= 11 is 1.74.